The third-order valence-electron chi connectivity index (χ3n) is 4.47. The van der Waals surface area contributed by atoms with Crippen molar-refractivity contribution in [3.05, 3.63) is 10.7 Å². The van der Waals surface area contributed by atoms with E-state index in [0.717, 1.165) is 68.7 Å². The molecule has 3 aliphatic heterocycles. The van der Waals surface area contributed by atoms with E-state index in [1.54, 1.807) is 11.8 Å². The number of ether oxygens (including phenoxy) is 2. The third-order valence-corrected chi connectivity index (χ3v) is 5.59. The van der Waals surface area contributed by atoms with E-state index >= 15 is 0 Å². The second kappa shape index (κ2) is 7.03. The quantitative estimate of drug-likeness (QED) is 0.769. The van der Waals surface area contributed by atoms with Crippen LogP contribution in [0.15, 0.2) is 10.7 Å². The number of rotatable bonds is 2. The van der Waals surface area contributed by atoms with Crippen LogP contribution in [0.2, 0.25) is 0 Å². The maximum atomic E-state index is 12.6. The summed E-state index contributed by atoms with van der Waals surface area (Å²) in [6.45, 7) is 7.99. The van der Waals surface area contributed by atoms with Gasteiger partial charge in [-0.05, 0) is 19.8 Å². The highest BCUT2D eigenvalue weighted by molar-refractivity contribution is 8.04. The lowest BCUT2D eigenvalue weighted by Crippen LogP contribution is -2.53. The molecule has 3 heterocycles. The molecule has 3 rings (SSSR count). The molecule has 2 saturated heterocycles. The lowest BCUT2D eigenvalue weighted by Gasteiger charge is -2.41. The van der Waals surface area contributed by atoms with Crippen LogP contribution in [0.1, 0.15) is 19.8 Å². The Hall–Kier alpha value is -0.720. The Morgan fingerprint density at radius 3 is 2.52 bits per heavy atom. The number of thioether (sulfide) groups is 1. The molecule has 2 fully saturated rings. The minimum Gasteiger partial charge on any atom is -0.496 e. The van der Waals surface area contributed by atoms with Gasteiger partial charge in [0.15, 0.2) is 0 Å². The van der Waals surface area contributed by atoms with Crippen molar-refractivity contribution >= 4 is 17.7 Å². The lowest BCUT2D eigenvalue weighted by molar-refractivity contribution is -0.129. The lowest BCUT2D eigenvalue weighted by atomic mass is 10.1. The van der Waals surface area contributed by atoms with Crippen LogP contribution in [0, 0.1) is 0 Å². The Labute approximate surface area is 130 Å². The van der Waals surface area contributed by atoms with E-state index in [4.69, 9.17) is 9.47 Å². The smallest absolute Gasteiger partial charge is 0.263 e. The number of allylic oxidation sites excluding steroid dienone is 1. The molecule has 0 N–H and O–H groups in total. The summed E-state index contributed by atoms with van der Waals surface area (Å²) in [5.41, 5.74) is 0. The second-order valence-corrected chi connectivity index (χ2v) is 6.86. The number of piperazine rings is 1. The van der Waals surface area contributed by atoms with Crippen LogP contribution in [-0.2, 0) is 14.3 Å². The number of hydrogen-bond donors (Lipinski definition) is 0. The van der Waals surface area contributed by atoms with Gasteiger partial charge in [-0.1, -0.05) is 0 Å². The van der Waals surface area contributed by atoms with Gasteiger partial charge in [0.05, 0.1) is 6.61 Å². The number of carbonyl (C=O) groups excluding carboxylic acids is 1. The zero-order chi connectivity index (χ0) is 14.7. The van der Waals surface area contributed by atoms with Gasteiger partial charge in [0, 0.05) is 51.2 Å². The molecule has 0 radical (unpaired) electrons. The van der Waals surface area contributed by atoms with E-state index in [9.17, 15) is 4.79 Å². The van der Waals surface area contributed by atoms with Gasteiger partial charge < -0.3 is 14.4 Å². The van der Waals surface area contributed by atoms with Crippen molar-refractivity contribution in [2.45, 2.75) is 25.8 Å². The van der Waals surface area contributed by atoms with Gasteiger partial charge in [0.1, 0.15) is 10.7 Å². The average molecular weight is 312 g/mol. The number of nitrogens with zero attached hydrogens (tertiary/aromatic N) is 2. The summed E-state index contributed by atoms with van der Waals surface area (Å²) in [4.78, 5) is 17.9. The zero-order valence-electron chi connectivity index (χ0n) is 12.7. The van der Waals surface area contributed by atoms with Gasteiger partial charge in [-0.25, -0.2) is 0 Å². The van der Waals surface area contributed by atoms with E-state index in [2.05, 4.69) is 4.90 Å². The second-order valence-electron chi connectivity index (χ2n) is 5.75. The fourth-order valence-electron chi connectivity index (χ4n) is 3.20. The van der Waals surface area contributed by atoms with Crippen molar-refractivity contribution in [3.63, 3.8) is 0 Å². The molecule has 0 aliphatic carbocycles. The molecule has 0 aromatic carbocycles. The first-order chi connectivity index (χ1) is 10.3. The molecule has 0 bridgehead atoms. The summed E-state index contributed by atoms with van der Waals surface area (Å²) in [6, 6.07) is 0.643. The van der Waals surface area contributed by atoms with E-state index in [1.165, 1.54) is 0 Å². The van der Waals surface area contributed by atoms with E-state index in [1.807, 2.05) is 11.8 Å². The molecule has 21 heavy (non-hydrogen) atoms. The fourth-order valence-corrected chi connectivity index (χ4v) is 4.09. The van der Waals surface area contributed by atoms with E-state index < -0.39 is 0 Å². The largest absolute Gasteiger partial charge is 0.496 e. The highest BCUT2D eigenvalue weighted by Crippen LogP contribution is 2.28. The molecule has 1 amide bonds. The molecular formula is C15H24N2O3S. The molecule has 6 heteroatoms. The summed E-state index contributed by atoms with van der Waals surface area (Å²) < 4.78 is 10.9. The zero-order valence-corrected chi connectivity index (χ0v) is 13.5. The van der Waals surface area contributed by atoms with Crippen LogP contribution >= 0.6 is 11.8 Å². The van der Waals surface area contributed by atoms with Crippen LogP contribution in [0.25, 0.3) is 0 Å². The maximum absolute atomic E-state index is 12.6. The highest BCUT2D eigenvalue weighted by Gasteiger charge is 2.30. The molecule has 0 spiro atoms. The topological polar surface area (TPSA) is 42.0 Å². The van der Waals surface area contributed by atoms with Gasteiger partial charge in [-0.15, -0.1) is 11.8 Å². The summed E-state index contributed by atoms with van der Waals surface area (Å²) in [6.07, 6.45) is 2.25. The maximum Gasteiger partial charge on any atom is 0.263 e. The minimum atomic E-state index is 0.156. The summed E-state index contributed by atoms with van der Waals surface area (Å²) in [5, 5.41) is 0. The van der Waals surface area contributed by atoms with Crippen LogP contribution in [0.5, 0.6) is 0 Å². The van der Waals surface area contributed by atoms with Crippen LogP contribution in [-0.4, -0.2) is 73.5 Å². The molecule has 0 saturated carbocycles. The summed E-state index contributed by atoms with van der Waals surface area (Å²) in [7, 11) is 0. The number of hydrogen-bond acceptors (Lipinski definition) is 5. The summed E-state index contributed by atoms with van der Waals surface area (Å²) in [5.74, 6) is 1.83. The predicted molar refractivity (Wildman–Crippen MR) is 83.1 cm³/mol. The standard InChI is InChI=1S/C15H24N2O3S/c1-12-14(21-11-10-20-12)15(18)17-6-4-16(5-7-17)13-2-8-19-9-3-13/h13H,2-11H2,1H3. The Bertz CT molecular complexity index is 413. The normalized spacial score (nSPS) is 25.9. The highest BCUT2D eigenvalue weighted by atomic mass is 32.2. The van der Waals surface area contributed by atoms with Gasteiger partial charge in [-0.2, -0.15) is 0 Å². The molecular weight excluding hydrogens is 288 g/mol. The summed E-state index contributed by atoms with van der Waals surface area (Å²) >= 11 is 1.64. The first-order valence-corrected chi connectivity index (χ1v) is 8.82. The Morgan fingerprint density at radius 2 is 1.86 bits per heavy atom. The third kappa shape index (κ3) is 3.55. The molecule has 5 nitrogen and oxygen atoms in total. The van der Waals surface area contributed by atoms with Crippen LogP contribution < -0.4 is 0 Å². The monoisotopic (exact) mass is 312 g/mol. The molecule has 0 unspecified atom stereocenters. The van der Waals surface area contributed by atoms with Crippen molar-refractivity contribution < 1.29 is 14.3 Å². The molecule has 0 aromatic heterocycles. The SMILES string of the molecule is CC1=C(C(=O)N2CCN(C3CCOCC3)CC2)SCCO1. The van der Waals surface area contributed by atoms with Crippen molar-refractivity contribution in [1.29, 1.82) is 0 Å². The van der Waals surface area contributed by atoms with Crippen molar-refractivity contribution in [2.75, 3.05) is 51.8 Å². The molecule has 3 aliphatic rings. The van der Waals surface area contributed by atoms with Crippen molar-refractivity contribution in [1.82, 2.24) is 9.80 Å². The minimum absolute atomic E-state index is 0.156. The van der Waals surface area contributed by atoms with Gasteiger partial charge in [-0.3, -0.25) is 9.69 Å². The fraction of sp³-hybridized carbons (Fsp3) is 0.800. The van der Waals surface area contributed by atoms with Gasteiger partial charge >= 0.3 is 0 Å². The van der Waals surface area contributed by atoms with Crippen LogP contribution in [0.3, 0.4) is 0 Å². The first kappa shape index (κ1) is 15.2. The molecule has 0 aromatic rings. The van der Waals surface area contributed by atoms with Crippen LogP contribution in [0.4, 0.5) is 0 Å². The van der Waals surface area contributed by atoms with E-state index in [-0.39, 0.29) is 5.91 Å². The first-order valence-electron chi connectivity index (χ1n) is 7.83. The Balaban J connectivity index is 1.54. The predicted octanol–water partition coefficient (Wildman–Crippen LogP) is 1.30. The van der Waals surface area contributed by atoms with Gasteiger partial charge in [0.2, 0.25) is 0 Å². The Morgan fingerprint density at radius 1 is 1.14 bits per heavy atom. The number of amides is 1. The van der Waals surface area contributed by atoms with Crippen molar-refractivity contribution in [2.24, 2.45) is 0 Å². The number of carbonyl (C=O) groups is 1. The molecule has 0 atom stereocenters. The average Bonchev–Trinajstić information content (AvgIpc) is 2.56. The Kier molecular flexibility index (Phi) is 5.08. The van der Waals surface area contributed by atoms with Crippen molar-refractivity contribution in [3.8, 4) is 0 Å². The van der Waals surface area contributed by atoms with E-state index in [0.29, 0.717) is 12.6 Å². The molecule has 118 valence electrons. The van der Waals surface area contributed by atoms with Gasteiger partial charge in [0.25, 0.3) is 5.91 Å².